The normalized spacial score (nSPS) is 22.5. The molecule has 0 radical (unpaired) electrons. The van der Waals surface area contributed by atoms with Gasteiger partial charge in [-0.25, -0.2) is 9.18 Å². The van der Waals surface area contributed by atoms with Crippen LogP contribution in [0.15, 0.2) is 18.2 Å². The summed E-state index contributed by atoms with van der Waals surface area (Å²) in [5, 5.41) is 2.73. The van der Waals surface area contributed by atoms with Gasteiger partial charge in [0.1, 0.15) is 11.9 Å². The molecular formula is C20H29BFN3O5. The summed E-state index contributed by atoms with van der Waals surface area (Å²) in [6.07, 6.45) is -1.08. The van der Waals surface area contributed by atoms with Gasteiger partial charge in [-0.3, -0.25) is 9.69 Å². The van der Waals surface area contributed by atoms with Gasteiger partial charge < -0.3 is 24.3 Å². The fourth-order valence-electron chi connectivity index (χ4n) is 3.25. The van der Waals surface area contributed by atoms with E-state index in [2.05, 4.69) is 5.32 Å². The highest BCUT2D eigenvalue weighted by molar-refractivity contribution is 6.62. The van der Waals surface area contributed by atoms with Gasteiger partial charge in [-0.2, -0.15) is 0 Å². The summed E-state index contributed by atoms with van der Waals surface area (Å²) in [7, 11) is 2.76. The van der Waals surface area contributed by atoms with E-state index in [1.54, 1.807) is 31.1 Å². The van der Waals surface area contributed by atoms with E-state index in [9.17, 15) is 14.0 Å². The van der Waals surface area contributed by atoms with Crippen LogP contribution in [0.4, 0.5) is 14.9 Å². The molecule has 3 rings (SSSR count). The van der Waals surface area contributed by atoms with Gasteiger partial charge in [-0.1, -0.05) is 6.07 Å². The van der Waals surface area contributed by atoms with Crippen molar-refractivity contribution in [2.45, 2.75) is 45.0 Å². The molecule has 1 atom stereocenters. The molecule has 2 fully saturated rings. The Kier molecular flexibility index (Phi) is 6.13. The van der Waals surface area contributed by atoms with Crippen LogP contribution >= 0.6 is 0 Å². The highest BCUT2D eigenvalue weighted by atomic mass is 19.1. The molecule has 0 saturated carbocycles. The summed E-state index contributed by atoms with van der Waals surface area (Å²) in [5.41, 5.74) is -0.505. The van der Waals surface area contributed by atoms with E-state index in [0.29, 0.717) is 5.69 Å². The molecule has 0 spiro atoms. The minimum Gasteiger partial charge on any atom is -0.442 e. The minimum atomic E-state index is -0.825. The fourth-order valence-corrected chi connectivity index (χ4v) is 3.25. The molecule has 2 aliphatic rings. The van der Waals surface area contributed by atoms with E-state index in [1.165, 1.54) is 11.0 Å². The standard InChI is InChI=1S/C20H29BFN3O5/c1-19(2)20(3,4)30-21(29-19)15-8-7-13(9-16(15)22)25-11-14(28-18(25)27)10-23-17(26)12-24(5)6/h7-9,14H,10-12H2,1-6H3,(H,23,26)/t14-/m0/s1. The van der Waals surface area contributed by atoms with Crippen LogP contribution in [0.25, 0.3) is 0 Å². The number of rotatable bonds is 6. The lowest BCUT2D eigenvalue weighted by Gasteiger charge is -2.32. The molecule has 2 heterocycles. The van der Waals surface area contributed by atoms with E-state index < -0.39 is 36.3 Å². The Bertz CT molecular complexity index is 817. The molecule has 1 aromatic carbocycles. The summed E-state index contributed by atoms with van der Waals surface area (Å²) < 4.78 is 32.0. The lowest BCUT2D eigenvalue weighted by molar-refractivity contribution is -0.122. The number of hydrogen-bond donors (Lipinski definition) is 1. The fraction of sp³-hybridized carbons (Fsp3) is 0.600. The van der Waals surface area contributed by atoms with Crippen LogP contribution in [0.1, 0.15) is 27.7 Å². The number of anilines is 1. The number of nitrogens with zero attached hydrogens (tertiary/aromatic N) is 2. The number of cyclic esters (lactones) is 1. The average molecular weight is 421 g/mol. The van der Waals surface area contributed by atoms with E-state index in [-0.39, 0.29) is 31.0 Å². The van der Waals surface area contributed by atoms with Crippen molar-refractivity contribution in [3.8, 4) is 0 Å². The Morgan fingerprint density at radius 3 is 2.47 bits per heavy atom. The maximum absolute atomic E-state index is 14.9. The Morgan fingerprint density at radius 1 is 1.27 bits per heavy atom. The summed E-state index contributed by atoms with van der Waals surface area (Å²) in [5.74, 6) is -0.686. The first kappa shape index (κ1) is 22.5. The van der Waals surface area contributed by atoms with Crippen molar-refractivity contribution < 1.29 is 28.0 Å². The van der Waals surface area contributed by atoms with Crippen molar-refractivity contribution in [3.63, 3.8) is 0 Å². The van der Waals surface area contributed by atoms with Gasteiger partial charge in [-0.15, -0.1) is 0 Å². The third-order valence-electron chi connectivity index (χ3n) is 5.66. The first-order valence-corrected chi connectivity index (χ1v) is 9.94. The zero-order valence-electron chi connectivity index (χ0n) is 18.3. The lowest BCUT2D eigenvalue weighted by atomic mass is 9.78. The third kappa shape index (κ3) is 4.60. The van der Waals surface area contributed by atoms with Crippen LogP contribution in [0.5, 0.6) is 0 Å². The Balaban J connectivity index is 1.65. The first-order chi connectivity index (χ1) is 13.9. The predicted molar refractivity (Wildman–Crippen MR) is 111 cm³/mol. The molecule has 0 unspecified atom stereocenters. The van der Waals surface area contributed by atoms with Gasteiger partial charge >= 0.3 is 13.2 Å². The molecule has 0 aromatic heterocycles. The molecule has 2 amide bonds. The number of benzene rings is 1. The van der Waals surface area contributed by atoms with Crippen molar-refractivity contribution in [3.05, 3.63) is 24.0 Å². The van der Waals surface area contributed by atoms with Gasteiger partial charge in [-0.05, 0) is 53.9 Å². The summed E-state index contributed by atoms with van der Waals surface area (Å²) in [4.78, 5) is 27.1. The van der Waals surface area contributed by atoms with Gasteiger partial charge in [0.2, 0.25) is 5.91 Å². The van der Waals surface area contributed by atoms with Gasteiger partial charge in [0, 0.05) is 5.46 Å². The lowest BCUT2D eigenvalue weighted by Crippen LogP contribution is -2.41. The van der Waals surface area contributed by atoms with Crippen LogP contribution in [-0.4, -0.2) is 75.1 Å². The van der Waals surface area contributed by atoms with Crippen molar-refractivity contribution in [1.82, 2.24) is 10.2 Å². The maximum Gasteiger partial charge on any atom is 0.497 e. The predicted octanol–water partition coefficient (Wildman–Crippen LogP) is 1.13. The molecule has 2 aliphatic heterocycles. The minimum absolute atomic E-state index is 0.160. The van der Waals surface area contributed by atoms with E-state index >= 15 is 0 Å². The zero-order valence-corrected chi connectivity index (χ0v) is 18.3. The molecular weight excluding hydrogens is 392 g/mol. The van der Waals surface area contributed by atoms with Crippen LogP contribution in [0.3, 0.4) is 0 Å². The number of likely N-dealkylation sites (N-methyl/N-ethyl adjacent to an activating group) is 1. The van der Waals surface area contributed by atoms with Crippen molar-refractivity contribution >= 4 is 30.3 Å². The van der Waals surface area contributed by atoms with Gasteiger partial charge in [0.25, 0.3) is 0 Å². The van der Waals surface area contributed by atoms with Gasteiger partial charge in [0.15, 0.2) is 0 Å². The maximum atomic E-state index is 14.9. The molecule has 1 N–H and O–H groups in total. The Hall–Kier alpha value is -2.17. The number of nitrogens with one attached hydrogen (secondary N) is 1. The van der Waals surface area contributed by atoms with Crippen molar-refractivity contribution in [2.24, 2.45) is 0 Å². The topological polar surface area (TPSA) is 80.3 Å². The monoisotopic (exact) mass is 421 g/mol. The van der Waals surface area contributed by atoms with E-state index in [4.69, 9.17) is 14.0 Å². The third-order valence-corrected chi connectivity index (χ3v) is 5.66. The number of ether oxygens (including phenoxy) is 1. The first-order valence-electron chi connectivity index (χ1n) is 9.94. The molecule has 1 aromatic rings. The highest BCUT2D eigenvalue weighted by Gasteiger charge is 2.52. The molecule has 8 nitrogen and oxygen atoms in total. The summed E-state index contributed by atoms with van der Waals surface area (Å²) >= 11 is 0. The molecule has 164 valence electrons. The SMILES string of the molecule is CN(C)CC(=O)NC[C@H]1CN(c2ccc(B3OC(C)(C)C(C)(C)O3)c(F)c2)C(=O)O1. The van der Waals surface area contributed by atoms with Crippen LogP contribution in [-0.2, 0) is 18.8 Å². The molecule has 2 saturated heterocycles. The number of halogens is 1. The number of hydrogen-bond acceptors (Lipinski definition) is 6. The highest BCUT2D eigenvalue weighted by Crippen LogP contribution is 2.36. The molecule has 0 aliphatic carbocycles. The van der Waals surface area contributed by atoms with E-state index in [0.717, 1.165) is 0 Å². The molecule has 10 heteroatoms. The van der Waals surface area contributed by atoms with Crippen LogP contribution < -0.4 is 15.7 Å². The zero-order chi connectivity index (χ0) is 22.3. The van der Waals surface area contributed by atoms with Crippen molar-refractivity contribution in [1.29, 1.82) is 0 Å². The Morgan fingerprint density at radius 2 is 1.90 bits per heavy atom. The number of carbonyl (C=O) groups is 2. The summed E-state index contributed by atoms with van der Waals surface area (Å²) in [6, 6.07) is 4.47. The van der Waals surface area contributed by atoms with E-state index in [1.807, 2.05) is 27.7 Å². The second-order valence-corrected chi connectivity index (χ2v) is 8.95. The van der Waals surface area contributed by atoms with Gasteiger partial charge in [0.05, 0.1) is 36.5 Å². The number of carbonyl (C=O) groups excluding carboxylic acids is 2. The second-order valence-electron chi connectivity index (χ2n) is 8.95. The average Bonchev–Trinajstić information content (AvgIpc) is 3.08. The second kappa shape index (κ2) is 8.17. The van der Waals surface area contributed by atoms with Crippen molar-refractivity contribution in [2.75, 3.05) is 38.6 Å². The summed E-state index contributed by atoms with van der Waals surface area (Å²) in [6.45, 7) is 8.26. The Labute approximate surface area is 176 Å². The quantitative estimate of drug-likeness (QED) is 0.694. The number of amides is 2. The largest absolute Gasteiger partial charge is 0.497 e. The smallest absolute Gasteiger partial charge is 0.442 e. The molecule has 30 heavy (non-hydrogen) atoms. The van der Waals surface area contributed by atoms with Crippen LogP contribution in [0.2, 0.25) is 0 Å². The van der Waals surface area contributed by atoms with Crippen LogP contribution in [0, 0.1) is 5.82 Å². The molecule has 0 bridgehead atoms.